The van der Waals surface area contributed by atoms with Crippen LogP contribution in [0.25, 0.3) is 0 Å². The number of carboxylic acid groups (broad SMARTS) is 4. The van der Waals surface area contributed by atoms with Crippen LogP contribution in [-0.4, -0.2) is 67.2 Å². The first-order valence-corrected chi connectivity index (χ1v) is 5.92. The van der Waals surface area contributed by atoms with E-state index in [1.165, 1.54) is 6.08 Å². The summed E-state index contributed by atoms with van der Waals surface area (Å²) in [5.41, 5.74) is 0.206. The highest BCUT2D eigenvalue weighted by molar-refractivity contribution is 5.75. The summed E-state index contributed by atoms with van der Waals surface area (Å²) in [4.78, 5) is 40.0. The molecule has 0 aliphatic carbocycles. The molecule has 0 unspecified atom stereocenters. The molecule has 10 nitrogen and oxygen atoms in total. The summed E-state index contributed by atoms with van der Waals surface area (Å²) in [6.07, 6.45) is -1.81. The number of carbonyl (C=O) groups is 4. The van der Waals surface area contributed by atoms with Gasteiger partial charge >= 0.3 is 23.9 Å². The summed E-state index contributed by atoms with van der Waals surface area (Å²) in [6.45, 7) is -0.337. The molecule has 0 bridgehead atoms. The van der Waals surface area contributed by atoms with E-state index in [9.17, 15) is 19.2 Å². The number of aliphatic hydroxyl groups excluding tert-OH is 2. The molecule has 0 radical (unpaired) electrons. The number of aliphatic hydroxyl groups is 2. The van der Waals surface area contributed by atoms with Crippen LogP contribution in [0.4, 0.5) is 0 Å². The van der Waals surface area contributed by atoms with E-state index in [0.717, 1.165) is 0 Å². The van der Waals surface area contributed by atoms with Crippen LogP contribution in [0, 0.1) is 0 Å². The summed E-state index contributed by atoms with van der Waals surface area (Å²) in [6, 6.07) is 0. The summed E-state index contributed by atoms with van der Waals surface area (Å²) >= 11 is 0. The van der Waals surface area contributed by atoms with Crippen LogP contribution in [0.3, 0.4) is 0 Å². The quantitative estimate of drug-likeness (QED) is 0.291. The lowest BCUT2D eigenvalue weighted by Gasteiger charge is -2.01. The van der Waals surface area contributed by atoms with Gasteiger partial charge < -0.3 is 30.6 Å². The first-order valence-electron chi connectivity index (χ1n) is 5.92. The summed E-state index contributed by atoms with van der Waals surface area (Å²) in [5, 5.41) is 49.7. The number of aliphatic carboxylic acids is 4. The Morgan fingerprint density at radius 3 is 1.36 bits per heavy atom. The van der Waals surface area contributed by atoms with Crippen molar-refractivity contribution in [2.75, 3.05) is 6.61 Å². The molecule has 6 N–H and O–H groups in total. The Bertz CT molecular complexity index is 392. The molecular formula is C12H18O10. The lowest BCUT2D eigenvalue weighted by Crippen LogP contribution is -2.16. The monoisotopic (exact) mass is 322 g/mol. The Balaban J connectivity index is 0. The third kappa shape index (κ3) is 17.5. The molecule has 10 heteroatoms. The second-order valence-corrected chi connectivity index (χ2v) is 4.04. The maximum atomic E-state index is 10.2. The normalized spacial score (nSPS) is 9.41. The number of carboxylic acids is 4. The van der Waals surface area contributed by atoms with Gasteiger partial charge in [-0.15, -0.1) is 0 Å². The zero-order chi connectivity index (χ0) is 17.7. The predicted molar refractivity (Wildman–Crippen MR) is 70.2 cm³/mol. The van der Waals surface area contributed by atoms with Gasteiger partial charge in [0.1, 0.15) is 0 Å². The molecule has 0 aliphatic rings. The van der Waals surface area contributed by atoms with Crippen molar-refractivity contribution in [1.29, 1.82) is 0 Å². The van der Waals surface area contributed by atoms with Gasteiger partial charge in [-0.25, -0.2) is 0 Å². The second-order valence-electron chi connectivity index (χ2n) is 4.04. The van der Waals surface area contributed by atoms with Crippen LogP contribution in [0.1, 0.15) is 25.7 Å². The average Bonchev–Trinajstić information content (AvgIpc) is 2.25. The summed E-state index contributed by atoms with van der Waals surface area (Å²) in [5.74, 6) is -4.60. The van der Waals surface area contributed by atoms with Gasteiger partial charge in [0.05, 0.1) is 38.4 Å². The van der Waals surface area contributed by atoms with Crippen molar-refractivity contribution in [3.63, 3.8) is 0 Å². The van der Waals surface area contributed by atoms with Crippen LogP contribution < -0.4 is 0 Å². The number of hydrogen-bond donors (Lipinski definition) is 6. The minimum Gasteiger partial charge on any atom is -0.481 e. The Hall–Kier alpha value is -2.46. The first-order chi connectivity index (χ1) is 10.1. The molecule has 0 rings (SSSR count). The van der Waals surface area contributed by atoms with Gasteiger partial charge in [0.2, 0.25) is 0 Å². The number of hydrogen-bond acceptors (Lipinski definition) is 6. The fourth-order valence-corrected chi connectivity index (χ4v) is 1.20. The van der Waals surface area contributed by atoms with Crippen LogP contribution in [0.5, 0.6) is 0 Å². The Kier molecular flexibility index (Phi) is 12.2. The molecule has 0 heterocycles. The average molecular weight is 322 g/mol. The molecule has 0 amide bonds. The van der Waals surface area contributed by atoms with E-state index in [0.29, 0.717) is 0 Å². The topological polar surface area (TPSA) is 190 Å². The highest BCUT2D eigenvalue weighted by atomic mass is 16.4. The molecule has 0 saturated carbocycles. The van der Waals surface area contributed by atoms with Gasteiger partial charge in [0, 0.05) is 0 Å². The van der Waals surface area contributed by atoms with E-state index >= 15 is 0 Å². The van der Waals surface area contributed by atoms with Crippen molar-refractivity contribution >= 4 is 23.9 Å². The van der Waals surface area contributed by atoms with Gasteiger partial charge in [-0.1, -0.05) is 6.08 Å². The Morgan fingerprint density at radius 2 is 1.14 bits per heavy atom. The molecule has 0 saturated heterocycles. The third-order valence-corrected chi connectivity index (χ3v) is 1.96. The molecule has 22 heavy (non-hydrogen) atoms. The third-order valence-electron chi connectivity index (χ3n) is 1.96. The minimum atomic E-state index is -1.28. The molecular weight excluding hydrogens is 304 g/mol. The SMILES string of the molecule is O=C(O)CC(=CCO)CC(=O)O.O=C(O)CC(O)CC(=O)O. The van der Waals surface area contributed by atoms with Gasteiger partial charge in [-0.2, -0.15) is 0 Å². The molecule has 0 aliphatic heterocycles. The van der Waals surface area contributed by atoms with Crippen molar-refractivity contribution in [1.82, 2.24) is 0 Å². The zero-order valence-corrected chi connectivity index (χ0v) is 11.5. The largest absolute Gasteiger partial charge is 0.481 e. The van der Waals surface area contributed by atoms with Crippen molar-refractivity contribution in [2.24, 2.45) is 0 Å². The Labute approximate surface area is 124 Å². The maximum absolute atomic E-state index is 10.2. The van der Waals surface area contributed by atoms with E-state index < -0.39 is 42.8 Å². The van der Waals surface area contributed by atoms with Crippen LogP contribution in [0.2, 0.25) is 0 Å². The van der Waals surface area contributed by atoms with E-state index in [4.69, 9.17) is 30.6 Å². The lowest BCUT2D eigenvalue weighted by molar-refractivity contribution is -0.143. The smallest absolute Gasteiger partial charge is 0.307 e. The summed E-state index contributed by atoms with van der Waals surface area (Å²) in [7, 11) is 0. The molecule has 0 fully saturated rings. The highest BCUT2D eigenvalue weighted by Crippen LogP contribution is 2.06. The number of rotatable bonds is 9. The minimum absolute atomic E-state index is 0.206. The van der Waals surface area contributed by atoms with E-state index in [1.54, 1.807) is 0 Å². The second kappa shape index (κ2) is 12.3. The van der Waals surface area contributed by atoms with E-state index in [2.05, 4.69) is 0 Å². The standard InChI is InChI=1S/C7H10O5.C5H8O5/c8-2-1-5(3-6(9)10)4-7(11)12;6-3(1-4(7)8)2-5(9)10/h1,8H,2-4H2,(H,9,10)(H,11,12);3,6H,1-2H2,(H,7,8)(H,9,10). The molecule has 0 atom stereocenters. The fourth-order valence-electron chi connectivity index (χ4n) is 1.20. The van der Waals surface area contributed by atoms with E-state index in [1.807, 2.05) is 0 Å². The first kappa shape index (κ1) is 21.8. The van der Waals surface area contributed by atoms with Gasteiger partial charge in [0.15, 0.2) is 0 Å². The highest BCUT2D eigenvalue weighted by Gasteiger charge is 2.12. The van der Waals surface area contributed by atoms with Crippen LogP contribution >= 0.6 is 0 Å². The van der Waals surface area contributed by atoms with Crippen LogP contribution in [-0.2, 0) is 19.2 Å². The maximum Gasteiger partial charge on any atom is 0.307 e. The van der Waals surface area contributed by atoms with Crippen molar-refractivity contribution in [3.8, 4) is 0 Å². The zero-order valence-electron chi connectivity index (χ0n) is 11.5. The van der Waals surface area contributed by atoms with Crippen molar-refractivity contribution in [2.45, 2.75) is 31.8 Å². The van der Waals surface area contributed by atoms with Crippen LogP contribution in [0.15, 0.2) is 11.6 Å². The predicted octanol–water partition coefficient (Wildman–Crippen LogP) is -0.849. The molecule has 0 aromatic carbocycles. The molecule has 0 spiro atoms. The van der Waals surface area contributed by atoms with E-state index in [-0.39, 0.29) is 25.0 Å². The molecule has 0 aromatic rings. The molecule has 126 valence electrons. The van der Waals surface area contributed by atoms with Crippen molar-refractivity contribution in [3.05, 3.63) is 11.6 Å². The van der Waals surface area contributed by atoms with Gasteiger partial charge in [-0.05, 0) is 5.57 Å². The lowest BCUT2D eigenvalue weighted by atomic mass is 10.1. The molecule has 0 aromatic heterocycles. The summed E-state index contributed by atoms with van der Waals surface area (Å²) < 4.78 is 0. The van der Waals surface area contributed by atoms with Gasteiger partial charge in [-0.3, -0.25) is 19.2 Å². The van der Waals surface area contributed by atoms with Crippen molar-refractivity contribution < 1.29 is 49.8 Å². The van der Waals surface area contributed by atoms with Gasteiger partial charge in [0.25, 0.3) is 0 Å². The fraction of sp³-hybridized carbons (Fsp3) is 0.500. The Morgan fingerprint density at radius 1 is 0.773 bits per heavy atom.